The van der Waals surface area contributed by atoms with Gasteiger partial charge in [-0.15, -0.1) is 0 Å². The molecule has 1 aliphatic rings. The summed E-state index contributed by atoms with van der Waals surface area (Å²) in [4.78, 5) is 17.5. The van der Waals surface area contributed by atoms with Gasteiger partial charge >= 0.3 is 0 Å². The van der Waals surface area contributed by atoms with Crippen molar-refractivity contribution in [2.24, 2.45) is 0 Å². The van der Waals surface area contributed by atoms with Crippen LogP contribution in [0.15, 0.2) is 24.3 Å². The van der Waals surface area contributed by atoms with Crippen LogP contribution in [0.4, 0.5) is 5.69 Å². The Morgan fingerprint density at radius 2 is 2.09 bits per heavy atom. The maximum atomic E-state index is 12.3. The maximum absolute atomic E-state index is 12.3. The molecule has 120 valence electrons. The van der Waals surface area contributed by atoms with Crippen LogP contribution < -0.4 is 10.2 Å². The second-order valence-electron chi connectivity index (χ2n) is 5.99. The van der Waals surface area contributed by atoms with Gasteiger partial charge in [0.25, 0.3) is 0 Å². The van der Waals surface area contributed by atoms with E-state index in [0.717, 1.165) is 31.9 Å². The quantitative estimate of drug-likeness (QED) is 0.768. The predicted molar refractivity (Wildman–Crippen MR) is 93.2 cm³/mol. The van der Waals surface area contributed by atoms with Crippen LogP contribution in [0.1, 0.15) is 5.56 Å². The summed E-state index contributed by atoms with van der Waals surface area (Å²) in [6, 6.07) is 8.03. The van der Waals surface area contributed by atoms with Crippen LogP contribution in [0.3, 0.4) is 0 Å². The fraction of sp³-hybridized carbons (Fsp3) is 0.500. The van der Waals surface area contributed by atoms with Crippen molar-refractivity contribution in [2.75, 3.05) is 52.1 Å². The van der Waals surface area contributed by atoms with Crippen molar-refractivity contribution in [3.05, 3.63) is 29.8 Å². The average Bonchev–Trinajstić information content (AvgIpc) is 2.47. The van der Waals surface area contributed by atoms with Crippen molar-refractivity contribution in [2.45, 2.75) is 6.92 Å². The second-order valence-corrected chi connectivity index (χ2v) is 6.38. The normalized spacial score (nSPS) is 15.5. The highest BCUT2D eigenvalue weighted by molar-refractivity contribution is 7.80. The number of piperazine rings is 1. The topological polar surface area (TPSA) is 40.0 Å². The van der Waals surface area contributed by atoms with E-state index in [4.69, 9.17) is 12.2 Å². The number of likely N-dealkylation sites (N-methyl/N-ethyl adjacent to an activating group) is 2. The number of hydrogen-bond acceptors (Lipinski definition) is 2. The molecule has 2 N–H and O–H groups in total. The molecule has 0 aliphatic carbocycles. The Morgan fingerprint density at radius 3 is 2.73 bits per heavy atom. The van der Waals surface area contributed by atoms with Crippen LogP contribution in [-0.4, -0.2) is 67.6 Å². The van der Waals surface area contributed by atoms with E-state index in [1.165, 1.54) is 10.5 Å². The molecule has 22 heavy (non-hydrogen) atoms. The maximum Gasteiger partial charge on any atom is 0.242 e. The first-order valence-corrected chi connectivity index (χ1v) is 8.04. The number of carbonyl (C=O) groups is 1. The van der Waals surface area contributed by atoms with E-state index < -0.39 is 0 Å². The molecule has 0 bridgehead atoms. The largest absolute Gasteiger partial charge is 0.343 e. The number of rotatable bonds is 3. The van der Waals surface area contributed by atoms with Crippen LogP contribution in [0, 0.1) is 6.92 Å². The average molecular weight is 321 g/mol. The zero-order valence-corrected chi connectivity index (χ0v) is 14.4. The van der Waals surface area contributed by atoms with E-state index in [2.05, 4.69) is 12.4 Å². The van der Waals surface area contributed by atoms with E-state index in [-0.39, 0.29) is 5.91 Å². The summed E-state index contributed by atoms with van der Waals surface area (Å²) in [5, 5.41) is 3.75. The van der Waals surface area contributed by atoms with Gasteiger partial charge < -0.3 is 20.0 Å². The third-order valence-corrected chi connectivity index (χ3v) is 4.37. The van der Waals surface area contributed by atoms with Crippen LogP contribution in [0.2, 0.25) is 0 Å². The first-order valence-electron chi connectivity index (χ1n) is 7.63. The molecule has 0 atom stereocenters. The van der Waals surface area contributed by atoms with Gasteiger partial charge in [0.15, 0.2) is 5.11 Å². The molecule has 1 fully saturated rings. The summed E-state index contributed by atoms with van der Waals surface area (Å²) in [5.74, 6) is 0.142. The van der Waals surface area contributed by atoms with Gasteiger partial charge in [-0.2, -0.15) is 0 Å². The number of aryl methyl sites for hydroxylation is 1. The number of nitrogens with zero attached hydrogens (tertiary/aromatic N) is 2. The van der Waals surface area contributed by atoms with E-state index in [1.54, 1.807) is 4.90 Å². The molecule has 1 aromatic carbocycles. The van der Waals surface area contributed by atoms with E-state index in [1.807, 2.05) is 43.1 Å². The molecule has 1 amide bonds. The van der Waals surface area contributed by atoms with Gasteiger partial charge in [-0.1, -0.05) is 12.1 Å². The highest BCUT2D eigenvalue weighted by atomic mass is 32.1. The molecule has 1 heterocycles. The van der Waals surface area contributed by atoms with Gasteiger partial charge in [0.2, 0.25) is 5.91 Å². The highest BCUT2D eigenvalue weighted by Gasteiger charge is 2.22. The molecule has 5 nitrogen and oxygen atoms in total. The lowest BCUT2D eigenvalue weighted by Gasteiger charge is -2.31. The zero-order chi connectivity index (χ0) is 16.1. The van der Waals surface area contributed by atoms with Crippen molar-refractivity contribution in [1.82, 2.24) is 9.80 Å². The summed E-state index contributed by atoms with van der Waals surface area (Å²) in [6.45, 7) is 6.05. The van der Waals surface area contributed by atoms with E-state index in [0.29, 0.717) is 11.7 Å². The SMILES string of the molecule is Cc1cccc(NC(=S)N(C)CC(=O)N2CC[NH+](C)CC2)c1. The Hall–Kier alpha value is -1.66. The van der Waals surface area contributed by atoms with Crippen molar-refractivity contribution < 1.29 is 9.69 Å². The van der Waals surface area contributed by atoms with Crippen LogP contribution in [-0.2, 0) is 4.79 Å². The second kappa shape index (κ2) is 7.56. The number of quaternary nitrogens is 1. The molecule has 0 aromatic heterocycles. The Morgan fingerprint density at radius 1 is 1.41 bits per heavy atom. The van der Waals surface area contributed by atoms with Gasteiger partial charge in [0, 0.05) is 12.7 Å². The van der Waals surface area contributed by atoms with Crippen LogP contribution >= 0.6 is 12.2 Å². The lowest BCUT2D eigenvalue weighted by Crippen LogP contribution is -3.12. The minimum absolute atomic E-state index is 0.142. The van der Waals surface area contributed by atoms with Crippen molar-refractivity contribution >= 4 is 28.9 Å². The van der Waals surface area contributed by atoms with Gasteiger partial charge in [0.1, 0.15) is 0 Å². The molecule has 6 heteroatoms. The molecule has 1 aliphatic heterocycles. The van der Waals surface area contributed by atoms with Gasteiger partial charge in [-0.3, -0.25) is 4.79 Å². The van der Waals surface area contributed by atoms with E-state index in [9.17, 15) is 4.79 Å². The summed E-state index contributed by atoms with van der Waals surface area (Å²) < 4.78 is 0. The first kappa shape index (κ1) is 16.7. The molecule has 0 radical (unpaired) electrons. The summed E-state index contributed by atoms with van der Waals surface area (Å²) in [7, 11) is 4.01. The summed E-state index contributed by atoms with van der Waals surface area (Å²) in [5.41, 5.74) is 2.12. The smallest absolute Gasteiger partial charge is 0.242 e. The lowest BCUT2D eigenvalue weighted by atomic mass is 10.2. The van der Waals surface area contributed by atoms with Crippen LogP contribution in [0.25, 0.3) is 0 Å². The summed E-state index contributed by atoms with van der Waals surface area (Å²) >= 11 is 5.38. The van der Waals surface area contributed by atoms with Crippen LogP contribution in [0.5, 0.6) is 0 Å². The molecule has 2 rings (SSSR count). The molecule has 0 spiro atoms. The molecule has 1 aromatic rings. The fourth-order valence-corrected chi connectivity index (χ4v) is 2.64. The molecule has 0 saturated carbocycles. The lowest BCUT2D eigenvalue weighted by molar-refractivity contribution is -0.883. The zero-order valence-electron chi connectivity index (χ0n) is 13.6. The Bertz CT molecular complexity index is 541. The third-order valence-electron chi connectivity index (χ3n) is 3.96. The standard InChI is InChI=1S/C16H24N4OS/c1-13-5-4-6-14(11-13)17-16(22)19(3)12-15(21)20-9-7-18(2)8-10-20/h4-6,11H,7-10,12H2,1-3H3,(H,17,22)/p+1. The first-order chi connectivity index (χ1) is 10.5. The number of anilines is 1. The monoisotopic (exact) mass is 321 g/mol. The number of hydrogen-bond donors (Lipinski definition) is 2. The molecular formula is C16H25N4OS+. The molecule has 0 unspecified atom stereocenters. The van der Waals surface area contributed by atoms with Gasteiger partial charge in [-0.25, -0.2) is 0 Å². The molecular weight excluding hydrogens is 296 g/mol. The minimum atomic E-state index is 0.142. The minimum Gasteiger partial charge on any atom is -0.343 e. The fourth-order valence-electron chi connectivity index (χ4n) is 2.45. The van der Waals surface area contributed by atoms with Gasteiger partial charge in [-0.05, 0) is 36.8 Å². The Kier molecular flexibility index (Phi) is 5.74. The van der Waals surface area contributed by atoms with Crippen molar-refractivity contribution in [3.63, 3.8) is 0 Å². The Balaban J connectivity index is 1.84. The highest BCUT2D eigenvalue weighted by Crippen LogP contribution is 2.10. The number of thiocarbonyl (C=S) groups is 1. The Labute approximate surface area is 137 Å². The summed E-state index contributed by atoms with van der Waals surface area (Å²) in [6.07, 6.45) is 0. The van der Waals surface area contributed by atoms with E-state index >= 15 is 0 Å². The third kappa shape index (κ3) is 4.68. The predicted octanol–water partition coefficient (Wildman–Crippen LogP) is -0.0195. The molecule has 1 saturated heterocycles. The van der Waals surface area contributed by atoms with Crippen molar-refractivity contribution in [1.29, 1.82) is 0 Å². The number of benzene rings is 1. The number of amides is 1. The van der Waals surface area contributed by atoms with Crippen molar-refractivity contribution in [3.8, 4) is 0 Å². The number of carbonyl (C=O) groups excluding carboxylic acids is 1. The number of nitrogens with one attached hydrogen (secondary N) is 2. The van der Waals surface area contributed by atoms with Gasteiger partial charge in [0.05, 0.1) is 39.8 Å².